The lowest BCUT2D eigenvalue weighted by Gasteiger charge is -2.14. The van der Waals surface area contributed by atoms with Gasteiger partial charge in [-0.1, -0.05) is 0 Å². The van der Waals surface area contributed by atoms with Crippen molar-refractivity contribution in [2.45, 2.75) is 33.8 Å². The van der Waals surface area contributed by atoms with Crippen molar-refractivity contribution in [2.24, 2.45) is 0 Å². The fraction of sp³-hybridized carbons (Fsp3) is 0.318. The second-order valence-corrected chi connectivity index (χ2v) is 7.99. The summed E-state index contributed by atoms with van der Waals surface area (Å²) in [5.41, 5.74) is 3.12. The van der Waals surface area contributed by atoms with Crippen LogP contribution in [0.15, 0.2) is 29.8 Å². The van der Waals surface area contributed by atoms with Crippen molar-refractivity contribution in [3.05, 3.63) is 41.2 Å². The van der Waals surface area contributed by atoms with Crippen molar-refractivity contribution in [1.29, 1.82) is 0 Å². The fourth-order valence-corrected chi connectivity index (χ4v) is 3.73. The third-order valence-corrected chi connectivity index (χ3v) is 5.19. The Kier molecular flexibility index (Phi) is 7.37. The van der Waals surface area contributed by atoms with Crippen LogP contribution in [0.2, 0.25) is 0 Å². The topological polar surface area (TPSA) is 115 Å². The zero-order valence-electron chi connectivity index (χ0n) is 18.6. The molecule has 0 aliphatic rings. The molecule has 0 atom stereocenters. The molecule has 2 amide bonds. The maximum atomic E-state index is 12.2. The molecule has 0 aromatic carbocycles. The quantitative estimate of drug-likeness (QED) is 0.511. The van der Waals surface area contributed by atoms with Crippen LogP contribution < -0.4 is 15.4 Å². The monoisotopic (exact) mass is 455 g/mol. The van der Waals surface area contributed by atoms with Crippen LogP contribution in [-0.4, -0.2) is 46.7 Å². The third-order valence-electron chi connectivity index (χ3n) is 4.20. The number of thiazole rings is 1. The van der Waals surface area contributed by atoms with Gasteiger partial charge in [-0.15, -0.1) is 11.3 Å². The normalized spacial score (nSPS) is 10.7. The Morgan fingerprint density at radius 1 is 1.16 bits per heavy atom. The molecule has 3 aromatic heterocycles. The molecular formula is C22H25N5O4S. The second kappa shape index (κ2) is 10.2. The van der Waals surface area contributed by atoms with E-state index in [9.17, 15) is 9.59 Å². The van der Waals surface area contributed by atoms with Gasteiger partial charge in [0, 0.05) is 41.0 Å². The number of hydrogen-bond acceptors (Lipinski definition) is 8. The first kappa shape index (κ1) is 23.1. The van der Waals surface area contributed by atoms with Gasteiger partial charge < -0.3 is 14.8 Å². The Labute approximate surface area is 190 Å². The molecule has 0 aliphatic heterocycles. The predicted molar refractivity (Wildman–Crippen MR) is 123 cm³/mol. The average molecular weight is 456 g/mol. The van der Waals surface area contributed by atoms with E-state index in [-0.39, 0.29) is 17.8 Å². The summed E-state index contributed by atoms with van der Waals surface area (Å²) in [5, 5.41) is 8.09. The molecule has 9 nitrogen and oxygen atoms in total. The molecule has 0 fully saturated rings. The van der Waals surface area contributed by atoms with E-state index >= 15 is 0 Å². The van der Waals surface area contributed by atoms with Crippen molar-refractivity contribution in [1.82, 2.24) is 20.3 Å². The number of carbonyl (C=O) groups is 2. The van der Waals surface area contributed by atoms with E-state index in [1.54, 1.807) is 24.4 Å². The first-order chi connectivity index (χ1) is 15.3. The van der Waals surface area contributed by atoms with E-state index in [1.165, 1.54) is 18.4 Å². The fourth-order valence-electron chi connectivity index (χ4n) is 2.90. The van der Waals surface area contributed by atoms with Crippen LogP contribution in [0.4, 0.5) is 10.6 Å². The van der Waals surface area contributed by atoms with E-state index < -0.39 is 5.97 Å². The largest absolute Gasteiger partial charge is 0.475 e. The summed E-state index contributed by atoms with van der Waals surface area (Å²) >= 11 is 1.47. The minimum absolute atomic E-state index is 0.117. The molecule has 0 saturated carbocycles. The van der Waals surface area contributed by atoms with Gasteiger partial charge in [0.15, 0.2) is 5.69 Å². The van der Waals surface area contributed by atoms with Gasteiger partial charge in [0.2, 0.25) is 5.88 Å². The van der Waals surface area contributed by atoms with E-state index in [0.29, 0.717) is 29.4 Å². The van der Waals surface area contributed by atoms with Crippen molar-refractivity contribution >= 4 is 29.2 Å². The summed E-state index contributed by atoms with van der Waals surface area (Å²) in [6.45, 7) is 7.98. The average Bonchev–Trinajstić information content (AvgIpc) is 3.18. The second-order valence-electron chi connectivity index (χ2n) is 7.13. The van der Waals surface area contributed by atoms with Crippen LogP contribution in [0, 0.1) is 6.92 Å². The van der Waals surface area contributed by atoms with Gasteiger partial charge in [-0.2, -0.15) is 0 Å². The molecule has 2 N–H and O–H groups in total. The van der Waals surface area contributed by atoms with Gasteiger partial charge in [-0.3, -0.25) is 5.32 Å². The number of ether oxygens (including phenoxy) is 2. The third kappa shape index (κ3) is 5.58. The molecule has 3 aromatic rings. The SMILES string of the molecule is CCNC(=O)Nc1cc(-c2nc(C)cs2)c(-c2cc(OC(C)C)nc(C(=O)OC)c2)cn1. The number of nitrogens with one attached hydrogen (secondary N) is 2. The number of urea groups is 1. The lowest BCUT2D eigenvalue weighted by Crippen LogP contribution is -2.28. The van der Waals surface area contributed by atoms with Crippen LogP contribution in [0.5, 0.6) is 5.88 Å². The van der Waals surface area contributed by atoms with Crippen LogP contribution in [-0.2, 0) is 4.74 Å². The smallest absolute Gasteiger partial charge is 0.356 e. The minimum Gasteiger partial charge on any atom is -0.475 e. The molecule has 3 heterocycles. The maximum Gasteiger partial charge on any atom is 0.356 e. The number of pyridine rings is 2. The number of carbonyl (C=O) groups excluding carboxylic acids is 2. The van der Waals surface area contributed by atoms with Crippen LogP contribution >= 0.6 is 11.3 Å². The number of aromatic nitrogens is 3. The lowest BCUT2D eigenvalue weighted by atomic mass is 10.0. The van der Waals surface area contributed by atoms with E-state index in [4.69, 9.17) is 9.47 Å². The zero-order valence-corrected chi connectivity index (χ0v) is 19.4. The summed E-state index contributed by atoms with van der Waals surface area (Å²) in [5.74, 6) is 0.0988. The Morgan fingerprint density at radius 3 is 2.56 bits per heavy atom. The molecule has 32 heavy (non-hydrogen) atoms. The Bertz CT molecular complexity index is 1130. The summed E-state index contributed by atoms with van der Waals surface area (Å²) in [6.07, 6.45) is 1.49. The van der Waals surface area contributed by atoms with E-state index in [2.05, 4.69) is 25.6 Å². The lowest BCUT2D eigenvalue weighted by molar-refractivity contribution is 0.0592. The number of hydrogen-bond donors (Lipinski definition) is 2. The highest BCUT2D eigenvalue weighted by molar-refractivity contribution is 7.13. The van der Waals surface area contributed by atoms with Crippen molar-refractivity contribution in [2.75, 3.05) is 19.0 Å². The highest BCUT2D eigenvalue weighted by Gasteiger charge is 2.18. The minimum atomic E-state index is -0.574. The molecule has 10 heteroatoms. The van der Waals surface area contributed by atoms with Crippen LogP contribution in [0.1, 0.15) is 37.0 Å². The van der Waals surface area contributed by atoms with Gasteiger partial charge in [0.1, 0.15) is 10.8 Å². The summed E-state index contributed by atoms with van der Waals surface area (Å²) < 4.78 is 10.6. The molecule has 0 bridgehead atoms. The maximum absolute atomic E-state index is 12.2. The molecule has 0 radical (unpaired) electrons. The number of aryl methyl sites for hydroxylation is 1. The van der Waals surface area contributed by atoms with Gasteiger partial charge >= 0.3 is 12.0 Å². The van der Waals surface area contributed by atoms with Crippen molar-refractivity contribution in [3.63, 3.8) is 0 Å². The predicted octanol–water partition coefficient (Wildman–Crippen LogP) is 4.29. The first-order valence-electron chi connectivity index (χ1n) is 10.1. The number of methoxy groups -OCH3 is 1. The van der Waals surface area contributed by atoms with Gasteiger partial charge in [-0.05, 0) is 45.4 Å². The Balaban J connectivity index is 2.15. The van der Waals surface area contributed by atoms with Crippen molar-refractivity contribution in [3.8, 4) is 27.6 Å². The Hall–Kier alpha value is -3.53. The standard InChI is InChI=1S/C22H25N5O4S/c1-6-23-22(29)27-18-9-15(20-25-13(4)11-32-20)16(10-24-18)14-7-17(21(28)30-5)26-19(8-14)31-12(2)3/h7-12H,6H2,1-5H3,(H2,23,24,27,29). The molecule has 0 unspecified atom stereocenters. The number of esters is 1. The molecule has 168 valence electrons. The van der Waals surface area contributed by atoms with E-state index in [1.807, 2.05) is 33.1 Å². The number of rotatable bonds is 7. The van der Waals surface area contributed by atoms with Gasteiger partial charge in [-0.25, -0.2) is 24.5 Å². The Morgan fingerprint density at radius 2 is 1.94 bits per heavy atom. The molecule has 0 spiro atoms. The van der Waals surface area contributed by atoms with Crippen molar-refractivity contribution < 1.29 is 19.1 Å². The highest BCUT2D eigenvalue weighted by Crippen LogP contribution is 2.36. The molecule has 0 saturated heterocycles. The van der Waals surface area contributed by atoms with Gasteiger partial charge in [0.25, 0.3) is 0 Å². The number of amides is 2. The summed E-state index contributed by atoms with van der Waals surface area (Å²) in [4.78, 5) is 37.4. The van der Waals surface area contributed by atoms with Gasteiger partial charge in [0.05, 0.1) is 13.2 Å². The number of nitrogens with zero attached hydrogens (tertiary/aromatic N) is 3. The summed E-state index contributed by atoms with van der Waals surface area (Å²) in [7, 11) is 1.30. The van der Waals surface area contributed by atoms with Crippen LogP contribution in [0.25, 0.3) is 21.7 Å². The zero-order chi connectivity index (χ0) is 23.3. The molecule has 0 aliphatic carbocycles. The molecule has 3 rings (SSSR count). The number of anilines is 1. The van der Waals surface area contributed by atoms with E-state index in [0.717, 1.165) is 16.3 Å². The van der Waals surface area contributed by atoms with Crippen LogP contribution in [0.3, 0.4) is 0 Å². The molecular weight excluding hydrogens is 430 g/mol. The summed E-state index contributed by atoms with van der Waals surface area (Å²) in [6, 6.07) is 4.77. The first-order valence-corrected chi connectivity index (χ1v) is 10.9. The highest BCUT2D eigenvalue weighted by atomic mass is 32.1.